The van der Waals surface area contributed by atoms with E-state index in [0.29, 0.717) is 0 Å². The third kappa shape index (κ3) is 4.18. The molecule has 0 aliphatic carbocycles. The molecular weight excluding hydrogens is 210 g/mol. The summed E-state index contributed by atoms with van der Waals surface area (Å²) in [5, 5.41) is 9.30. The van der Waals surface area contributed by atoms with Gasteiger partial charge in [0.25, 0.3) is 0 Å². The monoisotopic (exact) mass is 231 g/mol. The maximum Gasteiger partial charge on any atom is 0.0872 e. The Bertz CT molecular complexity index is 408. The fourth-order valence-corrected chi connectivity index (χ4v) is 1.44. The van der Waals surface area contributed by atoms with Gasteiger partial charge in [0, 0.05) is 5.57 Å². The summed E-state index contributed by atoms with van der Waals surface area (Å²) in [5.74, 6) is 3.04. The van der Waals surface area contributed by atoms with Crippen LogP contribution in [0.1, 0.15) is 33.3 Å². The molecule has 0 bridgehead atoms. The molecule has 0 aliphatic heterocycles. The normalized spacial score (nSPS) is 12.8. The van der Waals surface area contributed by atoms with E-state index in [9.17, 15) is 5.11 Å². The zero-order chi connectivity index (χ0) is 12.9. The minimum atomic E-state index is -0.110. The molecule has 2 heteroatoms. The van der Waals surface area contributed by atoms with E-state index in [1.165, 1.54) is 0 Å². The molecule has 0 aromatic heterocycles. The maximum atomic E-state index is 9.30. The first kappa shape index (κ1) is 13.7. The van der Waals surface area contributed by atoms with Crippen LogP contribution < -0.4 is 0 Å². The summed E-state index contributed by atoms with van der Waals surface area (Å²) in [7, 11) is 0. The molecule has 1 N–H and O–H groups in total. The lowest BCUT2D eigenvalue weighted by molar-refractivity contribution is 0.191. The maximum absolute atomic E-state index is 9.30. The number of aliphatic hydroxyl groups excluding tert-OH is 1. The topological polar surface area (TPSA) is 32.6 Å². The number of hydrogen-bond donors (Lipinski definition) is 1. The van der Waals surface area contributed by atoms with Crippen molar-refractivity contribution < 1.29 is 5.11 Å². The smallest absolute Gasteiger partial charge is 0.0872 e. The molecule has 92 valence electrons. The fraction of sp³-hybridized carbons (Fsp3) is 0.467. The van der Waals surface area contributed by atoms with Gasteiger partial charge in [0.15, 0.2) is 0 Å². The zero-order valence-corrected chi connectivity index (χ0v) is 11.1. The van der Waals surface area contributed by atoms with Crippen molar-refractivity contribution in [1.82, 2.24) is 0 Å². The van der Waals surface area contributed by atoms with E-state index < -0.39 is 0 Å². The summed E-state index contributed by atoms with van der Waals surface area (Å²) in [6.45, 7) is 8.24. The molecule has 1 rings (SSSR count). The number of aliphatic imine (C=N–C) groups is 1. The lowest BCUT2D eigenvalue weighted by Gasteiger charge is -2.24. The minimum absolute atomic E-state index is 0.0429. The Morgan fingerprint density at radius 1 is 1.29 bits per heavy atom. The van der Waals surface area contributed by atoms with Gasteiger partial charge in [-0.3, -0.25) is 0 Å². The first-order chi connectivity index (χ1) is 7.95. The van der Waals surface area contributed by atoms with Gasteiger partial charge in [-0.2, -0.15) is 0 Å². The highest BCUT2D eigenvalue weighted by atomic mass is 16.3. The standard InChI is InChI=1S/C15H21NO/c1-12(13-8-6-5-7-9-13)10-16-14(11-17)15(2,3)4/h5-9,14,17H,11H2,1-4H3/t14-/m1/s1. The molecule has 2 nitrogen and oxygen atoms in total. The molecule has 17 heavy (non-hydrogen) atoms. The van der Waals surface area contributed by atoms with Crippen LogP contribution >= 0.6 is 0 Å². The summed E-state index contributed by atoms with van der Waals surface area (Å²) in [6, 6.07) is 9.92. The van der Waals surface area contributed by atoms with E-state index >= 15 is 0 Å². The molecule has 0 fully saturated rings. The Hall–Kier alpha value is -1.37. The molecule has 0 saturated heterocycles. The minimum Gasteiger partial charge on any atom is -0.394 e. The van der Waals surface area contributed by atoms with E-state index in [2.05, 4.69) is 31.6 Å². The second kappa shape index (κ2) is 5.81. The van der Waals surface area contributed by atoms with Crippen molar-refractivity contribution in [3.8, 4) is 0 Å². The van der Waals surface area contributed by atoms with Crippen molar-refractivity contribution in [2.75, 3.05) is 6.61 Å². The molecule has 0 amide bonds. The molecule has 1 atom stereocenters. The predicted molar refractivity (Wildman–Crippen MR) is 73.3 cm³/mol. The molecule has 0 radical (unpaired) electrons. The number of rotatable bonds is 3. The first-order valence-electron chi connectivity index (χ1n) is 5.91. The van der Waals surface area contributed by atoms with Gasteiger partial charge in [-0.15, -0.1) is 0 Å². The van der Waals surface area contributed by atoms with Gasteiger partial charge in [-0.25, -0.2) is 4.99 Å². The van der Waals surface area contributed by atoms with Crippen LogP contribution in [0, 0.1) is 5.41 Å². The number of allylic oxidation sites excluding steroid dienone is 1. The number of benzene rings is 1. The highest BCUT2D eigenvalue weighted by Gasteiger charge is 2.22. The molecule has 1 aromatic carbocycles. The molecule has 0 unspecified atom stereocenters. The van der Waals surface area contributed by atoms with E-state index in [1.54, 1.807) is 0 Å². The van der Waals surface area contributed by atoms with Crippen molar-refractivity contribution in [3.05, 3.63) is 35.9 Å². The third-order valence-electron chi connectivity index (χ3n) is 2.77. The van der Waals surface area contributed by atoms with Crippen molar-refractivity contribution in [1.29, 1.82) is 0 Å². The van der Waals surface area contributed by atoms with Gasteiger partial charge in [0.05, 0.1) is 12.6 Å². The summed E-state index contributed by atoms with van der Waals surface area (Å²) < 4.78 is 0. The van der Waals surface area contributed by atoms with Crippen LogP contribution in [0.5, 0.6) is 0 Å². The predicted octanol–water partition coefficient (Wildman–Crippen LogP) is 3.17. The van der Waals surface area contributed by atoms with E-state index in [4.69, 9.17) is 0 Å². The largest absolute Gasteiger partial charge is 0.394 e. The lowest BCUT2D eigenvalue weighted by Crippen LogP contribution is -2.27. The quantitative estimate of drug-likeness (QED) is 0.796. The second-order valence-electron chi connectivity index (χ2n) is 5.30. The van der Waals surface area contributed by atoms with Crippen LogP contribution in [-0.2, 0) is 0 Å². The van der Waals surface area contributed by atoms with Crippen molar-refractivity contribution in [3.63, 3.8) is 0 Å². The SMILES string of the molecule is CC(=C=N[C@H](CO)C(C)(C)C)c1ccccc1. The summed E-state index contributed by atoms with van der Waals surface area (Å²) in [6.07, 6.45) is 0. The lowest BCUT2D eigenvalue weighted by atomic mass is 9.88. The van der Waals surface area contributed by atoms with Crippen LogP contribution in [-0.4, -0.2) is 23.6 Å². The van der Waals surface area contributed by atoms with Crippen molar-refractivity contribution in [2.24, 2.45) is 10.4 Å². The average molecular weight is 231 g/mol. The third-order valence-corrected chi connectivity index (χ3v) is 2.77. The Labute approximate surface area is 104 Å². The summed E-state index contributed by atoms with van der Waals surface area (Å²) in [4.78, 5) is 4.35. The van der Waals surface area contributed by atoms with Gasteiger partial charge in [0.2, 0.25) is 0 Å². The van der Waals surface area contributed by atoms with Gasteiger partial charge in [-0.1, -0.05) is 51.1 Å². The van der Waals surface area contributed by atoms with E-state index in [0.717, 1.165) is 11.1 Å². The van der Waals surface area contributed by atoms with Gasteiger partial charge in [-0.05, 0) is 23.8 Å². The van der Waals surface area contributed by atoms with Gasteiger partial charge >= 0.3 is 0 Å². The molecule has 1 aromatic rings. The first-order valence-corrected chi connectivity index (χ1v) is 5.91. The van der Waals surface area contributed by atoms with Crippen LogP contribution in [0.15, 0.2) is 35.3 Å². The van der Waals surface area contributed by atoms with Gasteiger partial charge < -0.3 is 5.11 Å². The Morgan fingerprint density at radius 3 is 2.35 bits per heavy atom. The molecule has 0 aliphatic rings. The highest BCUT2D eigenvalue weighted by molar-refractivity contribution is 5.88. The second-order valence-corrected chi connectivity index (χ2v) is 5.30. The van der Waals surface area contributed by atoms with E-state index in [1.807, 2.05) is 37.3 Å². The van der Waals surface area contributed by atoms with Crippen LogP contribution in [0.4, 0.5) is 0 Å². The highest BCUT2D eigenvalue weighted by Crippen LogP contribution is 2.21. The summed E-state index contributed by atoms with van der Waals surface area (Å²) in [5.41, 5.74) is 2.06. The number of nitrogens with zero attached hydrogens (tertiary/aromatic N) is 1. The van der Waals surface area contributed by atoms with E-state index in [-0.39, 0.29) is 18.1 Å². The zero-order valence-electron chi connectivity index (χ0n) is 11.1. The van der Waals surface area contributed by atoms with Crippen LogP contribution in [0.25, 0.3) is 5.57 Å². The molecule has 0 saturated carbocycles. The average Bonchev–Trinajstić information content (AvgIpc) is 2.29. The van der Waals surface area contributed by atoms with Crippen molar-refractivity contribution >= 4 is 11.4 Å². The molecule has 0 spiro atoms. The number of aliphatic hydroxyl groups is 1. The Kier molecular flexibility index (Phi) is 4.68. The molecular formula is C15H21NO. The number of hydrogen-bond acceptors (Lipinski definition) is 2. The Morgan fingerprint density at radius 2 is 1.88 bits per heavy atom. The van der Waals surface area contributed by atoms with Crippen molar-refractivity contribution in [2.45, 2.75) is 33.7 Å². The van der Waals surface area contributed by atoms with Crippen LogP contribution in [0.2, 0.25) is 0 Å². The fourth-order valence-electron chi connectivity index (χ4n) is 1.44. The summed E-state index contributed by atoms with van der Waals surface area (Å²) >= 11 is 0. The van der Waals surface area contributed by atoms with Gasteiger partial charge in [0.1, 0.15) is 0 Å². The Balaban J connectivity index is 2.95. The molecule has 0 heterocycles. The van der Waals surface area contributed by atoms with Crippen LogP contribution in [0.3, 0.4) is 0 Å².